The number of amides is 4. The van der Waals surface area contributed by atoms with E-state index in [9.17, 15) is 14.4 Å². The van der Waals surface area contributed by atoms with Crippen LogP contribution in [0.1, 0.15) is 38.6 Å². The third-order valence-corrected chi connectivity index (χ3v) is 3.47. The van der Waals surface area contributed by atoms with E-state index in [1.807, 2.05) is 6.07 Å². The first kappa shape index (κ1) is 16.0. The second-order valence-corrected chi connectivity index (χ2v) is 6.50. The average molecular weight is 307 g/mol. The van der Waals surface area contributed by atoms with Crippen molar-refractivity contribution in [1.82, 2.24) is 25.7 Å². The van der Waals surface area contributed by atoms with Gasteiger partial charge in [0.1, 0.15) is 6.04 Å². The summed E-state index contributed by atoms with van der Waals surface area (Å²) >= 11 is 0. The Morgan fingerprint density at radius 1 is 1.36 bits per heavy atom. The Kier molecular flexibility index (Phi) is 4.20. The van der Waals surface area contributed by atoms with Crippen LogP contribution in [0, 0.1) is 0 Å². The van der Waals surface area contributed by atoms with Gasteiger partial charge in [-0.25, -0.2) is 4.79 Å². The van der Waals surface area contributed by atoms with Crippen LogP contribution in [0.5, 0.6) is 0 Å². The fourth-order valence-corrected chi connectivity index (χ4v) is 2.10. The van der Waals surface area contributed by atoms with E-state index in [2.05, 4.69) is 41.6 Å². The lowest BCUT2D eigenvalue weighted by atomic mass is 9.92. The van der Waals surface area contributed by atoms with Crippen molar-refractivity contribution in [3.63, 3.8) is 0 Å². The van der Waals surface area contributed by atoms with Crippen molar-refractivity contribution in [2.75, 3.05) is 7.05 Å². The molecule has 2 heterocycles. The smallest absolute Gasteiger partial charge is 0.322 e. The highest BCUT2D eigenvalue weighted by atomic mass is 16.2. The molecule has 1 saturated heterocycles. The van der Waals surface area contributed by atoms with E-state index in [1.165, 1.54) is 4.90 Å². The van der Waals surface area contributed by atoms with Gasteiger partial charge in [-0.05, 0) is 6.07 Å². The fraction of sp³-hybridized carbons (Fsp3) is 0.571. The van der Waals surface area contributed by atoms with Crippen LogP contribution in [0.2, 0.25) is 0 Å². The minimum Gasteiger partial charge on any atom is -0.340 e. The van der Waals surface area contributed by atoms with Gasteiger partial charge in [-0.3, -0.25) is 20.0 Å². The molecule has 1 aromatic rings. The van der Waals surface area contributed by atoms with E-state index in [4.69, 9.17) is 0 Å². The molecule has 3 N–H and O–H groups in total. The molecule has 0 saturated carbocycles. The molecule has 0 aromatic carbocycles. The second kappa shape index (κ2) is 5.78. The third kappa shape index (κ3) is 3.63. The quantitative estimate of drug-likeness (QED) is 0.694. The third-order valence-electron chi connectivity index (χ3n) is 3.47. The Morgan fingerprint density at radius 3 is 2.55 bits per heavy atom. The molecule has 1 fully saturated rings. The van der Waals surface area contributed by atoms with Crippen LogP contribution in [-0.2, 0) is 21.5 Å². The summed E-state index contributed by atoms with van der Waals surface area (Å²) in [6.07, 6.45) is -0.0612. The number of nitrogens with one attached hydrogen (secondary N) is 3. The molecule has 0 radical (unpaired) electrons. The van der Waals surface area contributed by atoms with Crippen molar-refractivity contribution in [2.24, 2.45) is 0 Å². The van der Waals surface area contributed by atoms with Crippen LogP contribution in [0.15, 0.2) is 6.07 Å². The van der Waals surface area contributed by atoms with Gasteiger partial charge in [0.2, 0.25) is 5.91 Å². The number of carbonyl (C=O) groups excluding carboxylic acids is 3. The second-order valence-electron chi connectivity index (χ2n) is 6.50. The predicted octanol–water partition coefficient (Wildman–Crippen LogP) is 0.264. The molecule has 0 aliphatic carbocycles. The maximum absolute atomic E-state index is 12.1. The number of nitrogens with zero attached hydrogens (tertiary/aromatic N) is 2. The Bertz CT molecular complexity index is 602. The van der Waals surface area contributed by atoms with Gasteiger partial charge in [0.05, 0.1) is 24.4 Å². The zero-order valence-corrected chi connectivity index (χ0v) is 13.2. The van der Waals surface area contributed by atoms with E-state index in [0.29, 0.717) is 6.54 Å². The lowest BCUT2D eigenvalue weighted by Gasteiger charge is -2.17. The summed E-state index contributed by atoms with van der Waals surface area (Å²) in [4.78, 5) is 36.1. The van der Waals surface area contributed by atoms with Crippen molar-refractivity contribution in [2.45, 2.75) is 45.2 Å². The summed E-state index contributed by atoms with van der Waals surface area (Å²) in [6.45, 7) is 6.54. The van der Waals surface area contributed by atoms with Gasteiger partial charge < -0.3 is 10.2 Å². The minimum atomic E-state index is -0.797. The number of carbonyl (C=O) groups is 3. The van der Waals surface area contributed by atoms with Crippen LogP contribution in [0.3, 0.4) is 0 Å². The molecule has 1 unspecified atom stereocenters. The normalized spacial score (nSPS) is 18.1. The topological polar surface area (TPSA) is 107 Å². The lowest BCUT2D eigenvalue weighted by molar-refractivity contribution is -0.133. The van der Waals surface area contributed by atoms with Gasteiger partial charge in [-0.2, -0.15) is 5.10 Å². The van der Waals surface area contributed by atoms with Crippen molar-refractivity contribution in [3.8, 4) is 0 Å². The van der Waals surface area contributed by atoms with Crippen LogP contribution >= 0.6 is 0 Å². The van der Waals surface area contributed by atoms with Crippen molar-refractivity contribution < 1.29 is 14.4 Å². The molecule has 1 atom stereocenters. The fourth-order valence-electron chi connectivity index (χ4n) is 2.10. The molecular weight excluding hydrogens is 286 g/mol. The zero-order chi connectivity index (χ0) is 16.5. The number of urea groups is 1. The first-order chi connectivity index (χ1) is 10.2. The number of H-pyrrole nitrogens is 1. The Labute approximate surface area is 128 Å². The van der Waals surface area contributed by atoms with Crippen molar-refractivity contribution in [1.29, 1.82) is 0 Å². The van der Waals surface area contributed by atoms with Crippen LogP contribution in [0.4, 0.5) is 4.79 Å². The standard InChI is InChI=1S/C14H21N5O3/c1-14(2,3)10-5-8(17-18-10)7-19(4)11(20)6-9-12(21)16-13(22)15-9/h5,9H,6-7H2,1-4H3,(H,17,18)(H2,15,16,21,22). The molecule has 8 heteroatoms. The number of aromatic nitrogens is 2. The maximum Gasteiger partial charge on any atom is 0.322 e. The summed E-state index contributed by atoms with van der Waals surface area (Å²) in [5.74, 6) is -0.697. The summed E-state index contributed by atoms with van der Waals surface area (Å²) in [7, 11) is 1.65. The summed E-state index contributed by atoms with van der Waals surface area (Å²) in [5, 5.41) is 11.7. The largest absolute Gasteiger partial charge is 0.340 e. The van der Waals surface area contributed by atoms with Gasteiger partial charge in [0.15, 0.2) is 0 Å². The van der Waals surface area contributed by atoms with Crippen LogP contribution < -0.4 is 10.6 Å². The van der Waals surface area contributed by atoms with Crippen LogP contribution in [0.25, 0.3) is 0 Å². The SMILES string of the molecule is CN(Cc1cc(C(C)(C)C)n[nH]1)C(=O)CC1NC(=O)NC1=O. The first-order valence-corrected chi connectivity index (χ1v) is 7.07. The van der Waals surface area contributed by atoms with E-state index in [0.717, 1.165) is 11.4 Å². The molecule has 1 aromatic heterocycles. The predicted molar refractivity (Wildman–Crippen MR) is 78.8 cm³/mol. The zero-order valence-electron chi connectivity index (χ0n) is 13.2. The number of hydrogen-bond donors (Lipinski definition) is 3. The maximum atomic E-state index is 12.1. The molecule has 0 spiro atoms. The molecular formula is C14H21N5O3. The molecule has 1 aliphatic rings. The Hall–Kier alpha value is -2.38. The Morgan fingerprint density at radius 2 is 2.05 bits per heavy atom. The van der Waals surface area contributed by atoms with Gasteiger partial charge in [-0.15, -0.1) is 0 Å². The molecule has 22 heavy (non-hydrogen) atoms. The number of aromatic amines is 1. The van der Waals surface area contributed by atoms with E-state index < -0.39 is 18.0 Å². The molecule has 120 valence electrons. The summed E-state index contributed by atoms with van der Waals surface area (Å²) in [5.41, 5.74) is 1.68. The monoisotopic (exact) mass is 307 g/mol. The van der Waals surface area contributed by atoms with Gasteiger partial charge >= 0.3 is 6.03 Å². The first-order valence-electron chi connectivity index (χ1n) is 7.07. The van der Waals surface area contributed by atoms with Gasteiger partial charge in [-0.1, -0.05) is 20.8 Å². The average Bonchev–Trinajstić information content (AvgIpc) is 2.96. The molecule has 4 amide bonds. The number of hydrogen-bond acceptors (Lipinski definition) is 4. The number of rotatable bonds is 4. The van der Waals surface area contributed by atoms with E-state index in [-0.39, 0.29) is 17.7 Å². The molecule has 1 aliphatic heterocycles. The lowest BCUT2D eigenvalue weighted by Crippen LogP contribution is -2.37. The number of imide groups is 1. The van der Waals surface area contributed by atoms with Crippen LogP contribution in [-0.4, -0.2) is 46.0 Å². The molecule has 8 nitrogen and oxygen atoms in total. The van der Waals surface area contributed by atoms with Crippen molar-refractivity contribution in [3.05, 3.63) is 17.5 Å². The highest BCUT2D eigenvalue weighted by Gasteiger charge is 2.32. The highest BCUT2D eigenvalue weighted by molar-refractivity contribution is 6.05. The van der Waals surface area contributed by atoms with E-state index in [1.54, 1.807) is 7.05 Å². The summed E-state index contributed by atoms with van der Waals surface area (Å²) in [6, 6.07) is 0.566. The van der Waals surface area contributed by atoms with Crippen molar-refractivity contribution >= 4 is 17.8 Å². The molecule has 0 bridgehead atoms. The summed E-state index contributed by atoms with van der Waals surface area (Å²) < 4.78 is 0. The van der Waals surface area contributed by atoms with Gasteiger partial charge in [0.25, 0.3) is 5.91 Å². The Balaban J connectivity index is 1.93. The minimum absolute atomic E-state index is 0.0612. The highest BCUT2D eigenvalue weighted by Crippen LogP contribution is 2.20. The molecule has 2 rings (SSSR count). The van der Waals surface area contributed by atoms with E-state index >= 15 is 0 Å². The van der Waals surface area contributed by atoms with Gasteiger partial charge in [0, 0.05) is 12.5 Å².